The fourth-order valence-electron chi connectivity index (χ4n) is 2.44. The molecule has 23 heavy (non-hydrogen) atoms. The lowest BCUT2D eigenvalue weighted by atomic mass is 10.3. The van der Waals surface area contributed by atoms with E-state index in [1.54, 1.807) is 0 Å². The Morgan fingerprint density at radius 1 is 0.870 bits per heavy atom. The first-order chi connectivity index (χ1) is 11.0. The molecule has 0 spiro atoms. The number of hydrogen-bond acceptors (Lipinski definition) is 3. The van der Waals surface area contributed by atoms with Crippen molar-refractivity contribution >= 4 is 31.6 Å². The van der Waals surface area contributed by atoms with Gasteiger partial charge < -0.3 is 5.11 Å². The molecule has 0 fully saturated rings. The Labute approximate surface area is 149 Å². The van der Waals surface area contributed by atoms with Gasteiger partial charge in [-0.2, -0.15) is 0 Å². The third kappa shape index (κ3) is 6.38. The second-order valence-electron chi connectivity index (χ2n) is 6.74. The summed E-state index contributed by atoms with van der Waals surface area (Å²) in [6, 6.07) is 20.9. The van der Waals surface area contributed by atoms with Crippen molar-refractivity contribution < 1.29 is 5.11 Å². The molecule has 0 amide bonds. The molecule has 2 unspecified atom stereocenters. The molecule has 0 aliphatic rings. The van der Waals surface area contributed by atoms with Gasteiger partial charge in [0, 0.05) is 20.4 Å². The van der Waals surface area contributed by atoms with E-state index in [2.05, 4.69) is 68.2 Å². The van der Waals surface area contributed by atoms with E-state index in [-0.39, 0.29) is 6.10 Å². The minimum atomic E-state index is -1.46. The highest BCUT2D eigenvalue weighted by Crippen LogP contribution is 2.33. The Morgan fingerprint density at radius 2 is 1.39 bits per heavy atom. The molecule has 4 heteroatoms. The van der Waals surface area contributed by atoms with Crippen LogP contribution in [0, 0.1) is 0 Å². The Kier molecular flexibility index (Phi) is 7.28. The summed E-state index contributed by atoms with van der Waals surface area (Å²) < 4.78 is 0. The molecule has 2 atom stereocenters. The Balaban J connectivity index is 1.93. The van der Waals surface area contributed by atoms with E-state index in [0.717, 1.165) is 12.2 Å². The molecular weight excluding hydrogens is 336 g/mol. The highest BCUT2D eigenvalue weighted by Gasteiger charge is 2.33. The molecule has 0 aliphatic carbocycles. The predicted molar refractivity (Wildman–Crippen MR) is 107 cm³/mol. The summed E-state index contributed by atoms with van der Waals surface area (Å²) in [4.78, 5) is 2.86. The molecule has 0 heterocycles. The number of rotatable bonds is 8. The van der Waals surface area contributed by atoms with E-state index in [4.69, 9.17) is 0 Å². The standard InChI is InChI=1S/C19H26OS2Si/c1-23(2,3)19(22-17-12-8-5-9-13-17)18(20)14-15-21-16-10-6-4-7-11-16/h4-13,18-20H,14-15H2,1-3H3. The first kappa shape index (κ1) is 18.7. The van der Waals surface area contributed by atoms with Crippen molar-refractivity contribution in [3.63, 3.8) is 0 Å². The minimum absolute atomic E-state index is 0.247. The molecule has 2 rings (SSSR count). The van der Waals surface area contributed by atoms with Gasteiger partial charge in [-0.3, -0.25) is 0 Å². The van der Waals surface area contributed by atoms with Crippen LogP contribution in [-0.2, 0) is 0 Å². The van der Waals surface area contributed by atoms with Crippen molar-refractivity contribution in [2.75, 3.05) is 5.75 Å². The molecule has 0 saturated heterocycles. The maximum Gasteiger partial charge on any atom is 0.0645 e. The third-order valence-electron chi connectivity index (χ3n) is 3.63. The number of benzene rings is 2. The van der Waals surface area contributed by atoms with Crippen LogP contribution >= 0.6 is 23.5 Å². The first-order valence-electron chi connectivity index (χ1n) is 8.04. The Morgan fingerprint density at radius 3 is 1.91 bits per heavy atom. The molecule has 2 aromatic carbocycles. The number of hydrogen-bond donors (Lipinski definition) is 1. The highest BCUT2D eigenvalue weighted by atomic mass is 32.2. The maximum atomic E-state index is 10.8. The van der Waals surface area contributed by atoms with Crippen LogP contribution in [0.5, 0.6) is 0 Å². The minimum Gasteiger partial charge on any atom is -0.392 e. The van der Waals surface area contributed by atoms with Crippen LogP contribution in [0.25, 0.3) is 0 Å². The number of aliphatic hydroxyl groups excluding tert-OH is 1. The van der Waals surface area contributed by atoms with Crippen molar-refractivity contribution in [2.45, 2.75) is 46.8 Å². The van der Waals surface area contributed by atoms with Gasteiger partial charge in [0.05, 0.1) is 14.2 Å². The van der Waals surface area contributed by atoms with Gasteiger partial charge in [-0.25, -0.2) is 0 Å². The van der Waals surface area contributed by atoms with Crippen molar-refractivity contribution in [2.24, 2.45) is 0 Å². The van der Waals surface area contributed by atoms with Gasteiger partial charge in [-0.1, -0.05) is 56.0 Å². The van der Waals surface area contributed by atoms with Gasteiger partial charge in [-0.15, -0.1) is 23.5 Å². The summed E-state index contributed by atoms with van der Waals surface area (Å²) in [5.41, 5.74) is 0. The molecule has 2 aromatic rings. The zero-order chi connectivity index (χ0) is 16.7. The lowest BCUT2D eigenvalue weighted by molar-refractivity contribution is 0.185. The number of aliphatic hydroxyl groups is 1. The van der Waals surface area contributed by atoms with Crippen molar-refractivity contribution in [1.29, 1.82) is 0 Å². The van der Waals surface area contributed by atoms with Crippen LogP contribution in [-0.4, -0.2) is 29.9 Å². The lowest BCUT2D eigenvalue weighted by Crippen LogP contribution is -2.44. The molecule has 0 aromatic heterocycles. The molecule has 0 aliphatic heterocycles. The quantitative estimate of drug-likeness (QED) is 0.490. The summed E-state index contributed by atoms with van der Waals surface area (Å²) in [6.07, 6.45) is 0.594. The van der Waals surface area contributed by atoms with E-state index >= 15 is 0 Å². The van der Waals surface area contributed by atoms with E-state index in [1.807, 2.05) is 35.7 Å². The van der Waals surface area contributed by atoms with Crippen LogP contribution in [0.4, 0.5) is 0 Å². The summed E-state index contributed by atoms with van der Waals surface area (Å²) >= 11 is 3.68. The van der Waals surface area contributed by atoms with Crippen molar-refractivity contribution in [3.8, 4) is 0 Å². The Hall–Kier alpha value is -0.683. The van der Waals surface area contributed by atoms with Crippen LogP contribution in [0.2, 0.25) is 19.6 Å². The molecular formula is C19H26OS2Si. The monoisotopic (exact) mass is 362 g/mol. The second kappa shape index (κ2) is 8.97. The molecule has 0 bridgehead atoms. The normalized spacial score (nSPS) is 14.4. The van der Waals surface area contributed by atoms with Crippen LogP contribution in [0.15, 0.2) is 70.5 Å². The summed E-state index contributed by atoms with van der Waals surface area (Å²) in [5, 5.41) is 10.8. The number of thioether (sulfide) groups is 2. The molecule has 1 nitrogen and oxygen atoms in total. The lowest BCUT2D eigenvalue weighted by Gasteiger charge is -2.32. The average molecular weight is 363 g/mol. The second-order valence-corrected chi connectivity index (χ2v) is 14.9. The maximum absolute atomic E-state index is 10.8. The van der Waals surface area contributed by atoms with Gasteiger partial charge in [0.15, 0.2) is 0 Å². The van der Waals surface area contributed by atoms with E-state index < -0.39 is 8.07 Å². The van der Waals surface area contributed by atoms with E-state index in [9.17, 15) is 5.11 Å². The summed E-state index contributed by atoms with van der Waals surface area (Å²) in [5.74, 6) is 0.960. The molecule has 0 saturated carbocycles. The predicted octanol–water partition coefficient (Wildman–Crippen LogP) is 5.57. The van der Waals surface area contributed by atoms with E-state index in [1.165, 1.54) is 9.79 Å². The highest BCUT2D eigenvalue weighted by molar-refractivity contribution is 8.01. The van der Waals surface area contributed by atoms with Gasteiger partial charge in [0.1, 0.15) is 0 Å². The van der Waals surface area contributed by atoms with Gasteiger partial charge in [0.2, 0.25) is 0 Å². The van der Waals surface area contributed by atoms with Gasteiger partial charge >= 0.3 is 0 Å². The van der Waals surface area contributed by atoms with Gasteiger partial charge in [0.25, 0.3) is 0 Å². The zero-order valence-electron chi connectivity index (χ0n) is 14.1. The van der Waals surface area contributed by atoms with Crippen LogP contribution < -0.4 is 0 Å². The molecule has 124 valence electrons. The average Bonchev–Trinajstić information content (AvgIpc) is 2.53. The van der Waals surface area contributed by atoms with Crippen molar-refractivity contribution in [3.05, 3.63) is 60.7 Å². The largest absolute Gasteiger partial charge is 0.392 e. The molecule has 1 N–H and O–H groups in total. The van der Waals surface area contributed by atoms with Crippen LogP contribution in [0.3, 0.4) is 0 Å². The SMILES string of the molecule is C[Si](C)(C)C(Sc1ccccc1)C(O)CCSc1ccccc1. The van der Waals surface area contributed by atoms with Gasteiger partial charge in [-0.05, 0) is 30.7 Å². The summed E-state index contributed by atoms with van der Waals surface area (Å²) in [6.45, 7) is 7.05. The zero-order valence-corrected chi connectivity index (χ0v) is 16.7. The molecule has 0 radical (unpaired) electrons. The fraction of sp³-hybridized carbons (Fsp3) is 0.368. The van der Waals surface area contributed by atoms with Crippen LogP contribution in [0.1, 0.15) is 6.42 Å². The third-order valence-corrected chi connectivity index (χ3v) is 10.4. The van der Waals surface area contributed by atoms with E-state index in [0.29, 0.717) is 4.87 Å². The smallest absolute Gasteiger partial charge is 0.0645 e. The topological polar surface area (TPSA) is 20.2 Å². The summed E-state index contributed by atoms with van der Waals surface area (Å²) in [7, 11) is -1.46. The van der Waals surface area contributed by atoms with Crippen molar-refractivity contribution in [1.82, 2.24) is 0 Å². The first-order valence-corrected chi connectivity index (χ1v) is 13.5. The Bertz CT molecular complexity index is 569. The fourth-order valence-corrected chi connectivity index (χ4v) is 7.43.